The molecule has 0 atom stereocenters. The minimum Gasteiger partial charge on any atom is -0.444 e. The van der Waals surface area contributed by atoms with E-state index in [0.717, 1.165) is 25.5 Å². The topological polar surface area (TPSA) is 72.9 Å². The first-order valence-corrected chi connectivity index (χ1v) is 9.12. The zero-order chi connectivity index (χ0) is 15.9. The van der Waals surface area contributed by atoms with Crippen LogP contribution in [0.2, 0.25) is 0 Å². The molecule has 0 radical (unpaired) electrons. The number of carbonyl (C=O) groups excluding carboxylic acids is 1. The molecule has 2 rings (SSSR count). The van der Waals surface area contributed by atoms with E-state index in [0.29, 0.717) is 13.1 Å². The van der Waals surface area contributed by atoms with E-state index in [9.17, 15) is 13.2 Å². The second-order valence-electron chi connectivity index (χ2n) is 7.41. The Bertz CT molecular complexity index is 502. The lowest BCUT2D eigenvalue weighted by Gasteiger charge is -2.44. The summed E-state index contributed by atoms with van der Waals surface area (Å²) < 4.78 is 32.2. The number of hydrogen-bond acceptors (Lipinski definition) is 5. The van der Waals surface area contributed by atoms with Gasteiger partial charge in [-0.25, -0.2) is 4.79 Å². The Morgan fingerprint density at radius 3 is 2.48 bits per heavy atom. The van der Waals surface area contributed by atoms with Crippen molar-refractivity contribution in [1.29, 1.82) is 0 Å². The molecular formula is C14H25NO5S. The minimum atomic E-state index is -3.36. The van der Waals surface area contributed by atoms with Crippen LogP contribution in [0.5, 0.6) is 0 Å². The molecule has 2 fully saturated rings. The van der Waals surface area contributed by atoms with E-state index in [1.807, 2.05) is 20.8 Å². The van der Waals surface area contributed by atoms with Crippen molar-refractivity contribution in [3.05, 3.63) is 0 Å². The van der Waals surface area contributed by atoms with Crippen LogP contribution in [-0.4, -0.2) is 51.0 Å². The molecule has 0 aromatic carbocycles. The van der Waals surface area contributed by atoms with E-state index >= 15 is 0 Å². The Morgan fingerprint density at radius 2 is 1.95 bits per heavy atom. The van der Waals surface area contributed by atoms with Crippen molar-refractivity contribution >= 4 is 16.2 Å². The van der Waals surface area contributed by atoms with Crippen LogP contribution in [0, 0.1) is 11.3 Å². The maximum atomic E-state index is 12.0. The van der Waals surface area contributed by atoms with Gasteiger partial charge in [0, 0.05) is 13.1 Å². The first kappa shape index (κ1) is 16.5. The maximum Gasteiger partial charge on any atom is 0.410 e. The summed E-state index contributed by atoms with van der Waals surface area (Å²) in [6.07, 6.45) is 3.61. The number of likely N-dealkylation sites (tertiary alicyclic amines) is 1. The molecule has 2 aliphatic rings. The van der Waals surface area contributed by atoms with Crippen molar-refractivity contribution < 1.29 is 22.1 Å². The number of amides is 1. The summed E-state index contributed by atoms with van der Waals surface area (Å²) >= 11 is 0. The third-order valence-corrected chi connectivity index (χ3v) is 4.62. The summed E-state index contributed by atoms with van der Waals surface area (Å²) in [6, 6.07) is 0. The van der Waals surface area contributed by atoms with Gasteiger partial charge in [-0.05, 0) is 51.4 Å². The van der Waals surface area contributed by atoms with Crippen molar-refractivity contribution in [3.63, 3.8) is 0 Å². The molecule has 1 spiro atoms. The monoisotopic (exact) mass is 319 g/mol. The highest BCUT2D eigenvalue weighted by atomic mass is 32.2. The number of hydrogen-bond donors (Lipinski definition) is 0. The van der Waals surface area contributed by atoms with E-state index in [2.05, 4.69) is 0 Å². The number of ether oxygens (including phenoxy) is 1. The summed E-state index contributed by atoms with van der Waals surface area (Å²) in [4.78, 5) is 13.8. The molecule has 0 unspecified atom stereocenters. The predicted octanol–water partition coefficient (Wildman–Crippen LogP) is 2.00. The van der Waals surface area contributed by atoms with E-state index in [-0.39, 0.29) is 24.0 Å². The van der Waals surface area contributed by atoms with Gasteiger partial charge < -0.3 is 9.64 Å². The first-order valence-electron chi connectivity index (χ1n) is 7.30. The Labute approximate surface area is 126 Å². The molecule has 1 aliphatic carbocycles. The first-order chi connectivity index (χ1) is 9.48. The lowest BCUT2D eigenvalue weighted by molar-refractivity contribution is 0.0115. The average molecular weight is 319 g/mol. The number of rotatable bonds is 3. The third kappa shape index (κ3) is 4.57. The number of carbonyl (C=O) groups is 1. The zero-order valence-electron chi connectivity index (χ0n) is 13.2. The van der Waals surface area contributed by atoms with E-state index in [1.54, 1.807) is 4.90 Å². The van der Waals surface area contributed by atoms with Crippen molar-refractivity contribution in [2.24, 2.45) is 11.3 Å². The van der Waals surface area contributed by atoms with Gasteiger partial charge in [0.25, 0.3) is 10.1 Å². The van der Waals surface area contributed by atoms with Crippen LogP contribution in [0.1, 0.15) is 40.0 Å². The van der Waals surface area contributed by atoms with Gasteiger partial charge in [0.1, 0.15) is 5.60 Å². The van der Waals surface area contributed by atoms with Gasteiger partial charge >= 0.3 is 6.09 Å². The van der Waals surface area contributed by atoms with Gasteiger partial charge in [-0.2, -0.15) is 8.42 Å². The summed E-state index contributed by atoms with van der Waals surface area (Å²) in [5.74, 6) is 0.276. The van der Waals surface area contributed by atoms with Gasteiger partial charge in [0.15, 0.2) is 0 Å². The van der Waals surface area contributed by atoms with Crippen molar-refractivity contribution in [1.82, 2.24) is 4.90 Å². The molecule has 122 valence electrons. The Kier molecular flexibility index (Phi) is 4.28. The Balaban J connectivity index is 1.78. The summed E-state index contributed by atoms with van der Waals surface area (Å²) in [5.41, 5.74) is -0.333. The predicted molar refractivity (Wildman–Crippen MR) is 78.4 cm³/mol. The molecule has 0 bridgehead atoms. The van der Waals surface area contributed by atoms with E-state index in [4.69, 9.17) is 8.92 Å². The van der Waals surface area contributed by atoms with Gasteiger partial charge in [-0.3, -0.25) is 4.18 Å². The van der Waals surface area contributed by atoms with Crippen LogP contribution in [0.15, 0.2) is 0 Å². The Hall–Kier alpha value is -0.820. The smallest absolute Gasteiger partial charge is 0.410 e. The van der Waals surface area contributed by atoms with Crippen LogP contribution in [-0.2, 0) is 19.0 Å². The molecular weight excluding hydrogens is 294 g/mol. The van der Waals surface area contributed by atoms with Crippen LogP contribution in [0.4, 0.5) is 4.79 Å². The third-order valence-electron chi connectivity index (χ3n) is 4.05. The maximum absolute atomic E-state index is 12.0. The van der Waals surface area contributed by atoms with Crippen molar-refractivity contribution in [3.8, 4) is 0 Å². The molecule has 1 saturated carbocycles. The standard InChI is InChI=1S/C14H25NO5S/c1-13(2,3)20-12(16)15-6-5-14(10-15)7-11(8-14)9-19-21(4,17)18/h11H,5-10H2,1-4H3. The summed E-state index contributed by atoms with van der Waals surface area (Å²) in [7, 11) is -3.36. The van der Waals surface area contributed by atoms with Crippen LogP contribution < -0.4 is 0 Å². The van der Waals surface area contributed by atoms with E-state index < -0.39 is 15.7 Å². The normalized spacial score (nSPS) is 29.5. The molecule has 1 heterocycles. The Morgan fingerprint density at radius 1 is 1.33 bits per heavy atom. The molecule has 1 aliphatic heterocycles. The molecule has 0 N–H and O–H groups in total. The SMILES string of the molecule is CC(C)(C)OC(=O)N1CCC2(CC(COS(C)(=O)=O)C2)C1. The highest BCUT2D eigenvalue weighted by Gasteiger charge is 2.50. The van der Waals surface area contributed by atoms with Crippen LogP contribution >= 0.6 is 0 Å². The lowest BCUT2D eigenvalue weighted by Crippen LogP contribution is -2.43. The minimum absolute atomic E-state index is 0.141. The molecule has 0 aromatic heterocycles. The number of nitrogens with zero attached hydrogens (tertiary/aromatic N) is 1. The molecule has 6 nitrogen and oxygen atoms in total. The zero-order valence-corrected chi connectivity index (χ0v) is 14.0. The molecule has 1 amide bonds. The summed E-state index contributed by atoms with van der Waals surface area (Å²) in [6.45, 7) is 7.26. The van der Waals surface area contributed by atoms with Crippen molar-refractivity contribution in [2.45, 2.75) is 45.6 Å². The fourth-order valence-corrected chi connectivity index (χ4v) is 3.69. The fourth-order valence-electron chi connectivity index (χ4n) is 3.25. The van der Waals surface area contributed by atoms with E-state index in [1.165, 1.54) is 0 Å². The molecule has 1 saturated heterocycles. The highest BCUT2D eigenvalue weighted by molar-refractivity contribution is 7.85. The van der Waals surface area contributed by atoms with Crippen LogP contribution in [0.3, 0.4) is 0 Å². The summed E-state index contributed by atoms with van der Waals surface area (Å²) in [5, 5.41) is 0. The van der Waals surface area contributed by atoms with Gasteiger partial charge in [-0.1, -0.05) is 0 Å². The average Bonchev–Trinajstić information content (AvgIpc) is 2.66. The quantitative estimate of drug-likeness (QED) is 0.744. The molecule has 7 heteroatoms. The largest absolute Gasteiger partial charge is 0.444 e. The second kappa shape index (κ2) is 5.43. The van der Waals surface area contributed by atoms with Gasteiger partial charge in [0.05, 0.1) is 12.9 Å². The van der Waals surface area contributed by atoms with Crippen LogP contribution in [0.25, 0.3) is 0 Å². The van der Waals surface area contributed by atoms with Crippen molar-refractivity contribution in [2.75, 3.05) is 26.0 Å². The molecule has 21 heavy (non-hydrogen) atoms. The lowest BCUT2D eigenvalue weighted by atomic mass is 9.62. The second-order valence-corrected chi connectivity index (χ2v) is 9.06. The fraction of sp³-hybridized carbons (Fsp3) is 0.929. The molecule has 0 aromatic rings. The highest BCUT2D eigenvalue weighted by Crippen LogP contribution is 2.52. The van der Waals surface area contributed by atoms with Gasteiger partial charge in [0.2, 0.25) is 0 Å². The van der Waals surface area contributed by atoms with Gasteiger partial charge in [-0.15, -0.1) is 0 Å².